The lowest BCUT2D eigenvalue weighted by Crippen LogP contribution is -2.63. The first-order valence-corrected chi connectivity index (χ1v) is 11.3. The molecule has 1 aromatic heterocycles. The van der Waals surface area contributed by atoms with Crippen molar-refractivity contribution in [2.45, 2.75) is 64.0 Å². The van der Waals surface area contributed by atoms with E-state index in [1.165, 1.54) is 11.3 Å². The minimum atomic E-state index is -0.941. The van der Waals surface area contributed by atoms with E-state index in [9.17, 15) is 14.7 Å². The van der Waals surface area contributed by atoms with Crippen LogP contribution in [0.1, 0.15) is 61.8 Å². The Balaban J connectivity index is 1.69. The number of carboxylic acid groups (broad SMARTS) is 1. The fourth-order valence-corrected chi connectivity index (χ4v) is 4.96. The molecule has 3 heterocycles. The summed E-state index contributed by atoms with van der Waals surface area (Å²) < 4.78 is 0. The number of rotatable bonds is 8. The third kappa shape index (κ3) is 4.35. The van der Waals surface area contributed by atoms with Crippen molar-refractivity contribution in [3.05, 3.63) is 10.6 Å². The zero-order valence-electron chi connectivity index (χ0n) is 17.2. The van der Waals surface area contributed by atoms with Crippen LogP contribution in [0.2, 0.25) is 0 Å². The quantitative estimate of drug-likeness (QED) is 0.475. The van der Waals surface area contributed by atoms with E-state index >= 15 is 0 Å². The molecule has 0 aliphatic carbocycles. The lowest BCUT2D eigenvalue weighted by Gasteiger charge is -2.45. The van der Waals surface area contributed by atoms with Crippen molar-refractivity contribution >= 4 is 45.8 Å². The number of nitrogens with zero attached hydrogens (tertiary/aromatic N) is 4. The summed E-state index contributed by atoms with van der Waals surface area (Å²) in [5, 5.41) is 13.3. The number of aromatic carboxylic acids is 1. The van der Waals surface area contributed by atoms with E-state index in [1.54, 1.807) is 0 Å². The van der Waals surface area contributed by atoms with E-state index in [2.05, 4.69) is 15.3 Å². The van der Waals surface area contributed by atoms with Crippen LogP contribution < -0.4 is 10.2 Å². The molecule has 0 saturated carbocycles. The molecule has 2 atom stereocenters. The number of anilines is 1. The van der Waals surface area contributed by atoms with Gasteiger partial charge in [0.25, 0.3) is 5.91 Å². The molecule has 1 aromatic rings. The Hall–Kier alpha value is -1.87. The highest BCUT2D eigenvalue weighted by molar-refractivity contribution is 7.17. The largest absolute Gasteiger partial charge is 0.477 e. The summed E-state index contributed by atoms with van der Waals surface area (Å²) in [5.41, 5.74) is 0.199. The van der Waals surface area contributed by atoms with Crippen molar-refractivity contribution in [2.24, 2.45) is 4.99 Å². The monoisotopic (exact) mass is 441 g/mol. The SMILES string of the molecule is CCCN(C(=O)C1=NC(Cl)C(CC)N1)C1CN(c2nc(C(C)C)c(C(=O)O)s2)C1. The molecule has 2 aliphatic heterocycles. The number of hydrogen-bond donors (Lipinski definition) is 2. The number of nitrogens with one attached hydrogen (secondary N) is 1. The van der Waals surface area contributed by atoms with Crippen molar-refractivity contribution in [2.75, 3.05) is 24.5 Å². The third-order valence-electron chi connectivity index (χ3n) is 5.23. The molecular formula is C19H28ClN5O3S. The molecule has 0 aromatic carbocycles. The summed E-state index contributed by atoms with van der Waals surface area (Å²) in [6, 6.07) is 0.0253. The molecule has 1 saturated heterocycles. The second kappa shape index (κ2) is 8.87. The molecule has 10 heteroatoms. The Morgan fingerprint density at radius 2 is 2.07 bits per heavy atom. The molecule has 0 radical (unpaired) electrons. The molecule has 2 N–H and O–H groups in total. The zero-order valence-corrected chi connectivity index (χ0v) is 18.8. The molecule has 0 bridgehead atoms. The zero-order chi connectivity index (χ0) is 21.3. The molecule has 160 valence electrons. The van der Waals surface area contributed by atoms with Gasteiger partial charge in [0.05, 0.1) is 17.8 Å². The summed E-state index contributed by atoms with van der Waals surface area (Å²) in [5.74, 6) is -0.675. The van der Waals surface area contributed by atoms with Crippen LogP contribution in [0.5, 0.6) is 0 Å². The van der Waals surface area contributed by atoms with E-state index in [0.717, 1.165) is 12.8 Å². The van der Waals surface area contributed by atoms with Crippen molar-refractivity contribution in [1.29, 1.82) is 0 Å². The molecule has 1 amide bonds. The van der Waals surface area contributed by atoms with Gasteiger partial charge < -0.3 is 20.2 Å². The first-order chi connectivity index (χ1) is 13.8. The molecule has 8 nitrogen and oxygen atoms in total. The summed E-state index contributed by atoms with van der Waals surface area (Å²) in [7, 11) is 0. The fourth-order valence-electron chi connectivity index (χ4n) is 3.54. The van der Waals surface area contributed by atoms with Crippen LogP contribution >= 0.6 is 22.9 Å². The molecule has 3 rings (SSSR count). The minimum absolute atomic E-state index is 0.0174. The van der Waals surface area contributed by atoms with Crippen LogP contribution in [0, 0.1) is 0 Å². The highest BCUT2D eigenvalue weighted by atomic mass is 35.5. The number of aliphatic imine (C=N–C) groups is 1. The van der Waals surface area contributed by atoms with Gasteiger partial charge in [-0.05, 0) is 18.8 Å². The van der Waals surface area contributed by atoms with Gasteiger partial charge in [-0.1, -0.05) is 50.6 Å². The van der Waals surface area contributed by atoms with Gasteiger partial charge in [0, 0.05) is 19.6 Å². The summed E-state index contributed by atoms with van der Waals surface area (Å²) >= 11 is 7.42. The predicted octanol–water partition coefficient (Wildman–Crippen LogP) is 2.74. The van der Waals surface area contributed by atoms with Crippen LogP contribution in [0.15, 0.2) is 4.99 Å². The predicted molar refractivity (Wildman–Crippen MR) is 115 cm³/mol. The maximum Gasteiger partial charge on any atom is 0.347 e. The number of hydrogen-bond acceptors (Lipinski definition) is 7. The van der Waals surface area contributed by atoms with Crippen molar-refractivity contribution in [3.63, 3.8) is 0 Å². The number of aromatic nitrogens is 1. The number of carbonyl (C=O) groups is 2. The topological polar surface area (TPSA) is 98.1 Å². The number of thiazole rings is 1. The van der Waals surface area contributed by atoms with Gasteiger partial charge >= 0.3 is 5.97 Å². The number of amidine groups is 1. The Labute approximate surface area is 180 Å². The van der Waals surface area contributed by atoms with Gasteiger partial charge in [0.2, 0.25) is 0 Å². The van der Waals surface area contributed by atoms with Gasteiger partial charge in [0.1, 0.15) is 10.4 Å². The number of halogens is 1. The van der Waals surface area contributed by atoms with Crippen LogP contribution in [-0.2, 0) is 4.79 Å². The molecular weight excluding hydrogens is 414 g/mol. The van der Waals surface area contributed by atoms with E-state index in [0.29, 0.717) is 41.2 Å². The van der Waals surface area contributed by atoms with Gasteiger partial charge in [-0.2, -0.15) is 0 Å². The smallest absolute Gasteiger partial charge is 0.347 e. The maximum atomic E-state index is 13.0. The van der Waals surface area contributed by atoms with E-state index < -0.39 is 11.5 Å². The van der Waals surface area contributed by atoms with Crippen LogP contribution in [0.4, 0.5) is 5.13 Å². The first kappa shape index (κ1) is 21.8. The molecule has 0 spiro atoms. The summed E-state index contributed by atoms with van der Waals surface area (Å²) in [4.78, 5) is 37.6. The van der Waals surface area contributed by atoms with Crippen LogP contribution in [0.3, 0.4) is 0 Å². The van der Waals surface area contributed by atoms with Crippen molar-refractivity contribution < 1.29 is 14.7 Å². The first-order valence-electron chi connectivity index (χ1n) is 10.0. The highest BCUT2D eigenvalue weighted by Crippen LogP contribution is 2.34. The second-order valence-corrected chi connectivity index (χ2v) is 9.16. The van der Waals surface area contributed by atoms with Crippen LogP contribution in [0.25, 0.3) is 0 Å². The van der Waals surface area contributed by atoms with Crippen LogP contribution in [-0.4, -0.2) is 69.9 Å². The van der Waals surface area contributed by atoms with Crippen molar-refractivity contribution in [3.8, 4) is 0 Å². The number of carboxylic acids is 1. The molecule has 1 fully saturated rings. The minimum Gasteiger partial charge on any atom is -0.477 e. The average molecular weight is 442 g/mol. The number of alkyl halides is 1. The Morgan fingerprint density at radius 3 is 2.55 bits per heavy atom. The third-order valence-corrected chi connectivity index (χ3v) is 6.75. The van der Waals surface area contributed by atoms with E-state index in [1.807, 2.05) is 37.5 Å². The normalized spacial score (nSPS) is 21.7. The summed E-state index contributed by atoms with van der Waals surface area (Å²) in [6.07, 6.45) is 1.64. The number of carbonyl (C=O) groups excluding carboxylic acids is 1. The van der Waals surface area contributed by atoms with Gasteiger partial charge in [-0.3, -0.25) is 4.79 Å². The van der Waals surface area contributed by atoms with E-state index in [4.69, 9.17) is 11.6 Å². The Bertz CT molecular complexity index is 806. The fraction of sp³-hybridized carbons (Fsp3) is 0.684. The standard InChI is InChI=1S/C19H28ClN5O3S/c1-5-7-25(17(26)16-21-12(6-2)15(20)23-16)11-8-24(9-11)19-22-13(10(3)4)14(29-19)18(27)28/h10-12,15H,5-9H2,1-4H3,(H,21,23)(H,27,28). The lowest BCUT2D eigenvalue weighted by molar-refractivity contribution is -0.127. The van der Waals surface area contributed by atoms with Crippen molar-refractivity contribution in [1.82, 2.24) is 15.2 Å². The average Bonchev–Trinajstić information content (AvgIpc) is 3.23. The summed E-state index contributed by atoms with van der Waals surface area (Å²) in [6.45, 7) is 9.82. The molecule has 2 unspecified atom stereocenters. The van der Waals surface area contributed by atoms with Gasteiger partial charge in [0.15, 0.2) is 11.0 Å². The number of amides is 1. The Kier molecular flexibility index (Phi) is 6.68. The maximum absolute atomic E-state index is 13.0. The Morgan fingerprint density at radius 1 is 1.38 bits per heavy atom. The molecule has 29 heavy (non-hydrogen) atoms. The van der Waals surface area contributed by atoms with Gasteiger partial charge in [-0.15, -0.1) is 0 Å². The lowest BCUT2D eigenvalue weighted by atomic mass is 10.1. The second-order valence-electron chi connectivity index (χ2n) is 7.74. The molecule has 2 aliphatic rings. The van der Waals surface area contributed by atoms with E-state index in [-0.39, 0.29) is 23.9 Å². The highest BCUT2D eigenvalue weighted by Gasteiger charge is 2.39. The van der Waals surface area contributed by atoms with Gasteiger partial charge in [-0.25, -0.2) is 14.8 Å².